The van der Waals surface area contributed by atoms with Gasteiger partial charge in [0.15, 0.2) is 6.10 Å². The smallest absolute Gasteiger partial charge is 0.306 e. The number of esters is 3. The van der Waals surface area contributed by atoms with Crippen LogP contribution in [0.4, 0.5) is 0 Å². The van der Waals surface area contributed by atoms with Gasteiger partial charge in [-0.1, -0.05) is 227 Å². The lowest BCUT2D eigenvalue weighted by atomic mass is 10.0. The highest BCUT2D eigenvalue weighted by Crippen LogP contribution is 2.17. The van der Waals surface area contributed by atoms with E-state index in [1.165, 1.54) is 154 Å². The monoisotopic (exact) mass is 779 g/mol. The molecular weight excluding hydrogens is 685 g/mol. The number of hydrogen-bond acceptors (Lipinski definition) is 6. The standard InChI is InChI=1S/C49H94O6/c1-6-7-8-9-10-11-12-13-14-15-16-17-18-19-20-21-22-29-34-39-47(50)53-42-46(55-49(52)41-36-31-26-24-28-33-38-45(4)5)43-54-48(51)40-35-30-25-23-27-32-37-44(2)3/h44-46H,6-43H2,1-5H3/t46-/m0/s1. The first-order valence-electron chi connectivity index (χ1n) is 24.2. The molecule has 6 heteroatoms. The molecule has 0 fully saturated rings. The first kappa shape index (κ1) is 53.4. The zero-order chi connectivity index (χ0) is 40.5. The van der Waals surface area contributed by atoms with Gasteiger partial charge in [0.25, 0.3) is 0 Å². The van der Waals surface area contributed by atoms with E-state index < -0.39 is 6.10 Å². The maximum Gasteiger partial charge on any atom is 0.306 e. The number of ether oxygens (including phenoxy) is 3. The molecule has 0 bridgehead atoms. The number of unbranched alkanes of at least 4 members (excludes halogenated alkanes) is 28. The summed E-state index contributed by atoms with van der Waals surface area (Å²) in [6.07, 6.45) is 41.3. The van der Waals surface area contributed by atoms with Crippen LogP contribution in [-0.4, -0.2) is 37.2 Å². The maximum atomic E-state index is 12.7. The van der Waals surface area contributed by atoms with Gasteiger partial charge in [-0.15, -0.1) is 0 Å². The van der Waals surface area contributed by atoms with E-state index in [1.807, 2.05) is 0 Å². The summed E-state index contributed by atoms with van der Waals surface area (Å²) in [7, 11) is 0. The molecule has 1 atom stereocenters. The third-order valence-electron chi connectivity index (χ3n) is 11.0. The summed E-state index contributed by atoms with van der Waals surface area (Å²) in [6, 6.07) is 0. The van der Waals surface area contributed by atoms with Gasteiger partial charge in [-0.25, -0.2) is 0 Å². The molecule has 0 aromatic heterocycles. The quantitative estimate of drug-likeness (QED) is 0.0348. The number of hydrogen-bond donors (Lipinski definition) is 0. The van der Waals surface area contributed by atoms with Gasteiger partial charge in [-0.3, -0.25) is 14.4 Å². The van der Waals surface area contributed by atoms with Crippen LogP contribution in [0.25, 0.3) is 0 Å². The predicted octanol–water partition coefficient (Wildman–Crippen LogP) is 15.4. The topological polar surface area (TPSA) is 78.9 Å². The minimum atomic E-state index is -0.762. The molecule has 0 saturated heterocycles. The van der Waals surface area contributed by atoms with Crippen molar-refractivity contribution in [2.75, 3.05) is 13.2 Å². The second-order valence-corrected chi connectivity index (χ2v) is 17.7. The Labute approximate surface area is 342 Å². The summed E-state index contributed by atoms with van der Waals surface area (Å²) >= 11 is 0. The molecule has 326 valence electrons. The van der Waals surface area contributed by atoms with Crippen LogP contribution in [0.5, 0.6) is 0 Å². The molecule has 0 aromatic carbocycles. The molecule has 0 N–H and O–H groups in total. The van der Waals surface area contributed by atoms with Crippen LogP contribution in [0.15, 0.2) is 0 Å². The van der Waals surface area contributed by atoms with Crippen LogP contribution >= 0.6 is 0 Å². The Kier molecular flexibility index (Phi) is 40.8. The van der Waals surface area contributed by atoms with Crippen molar-refractivity contribution in [1.82, 2.24) is 0 Å². The second kappa shape index (κ2) is 42.0. The molecule has 0 unspecified atom stereocenters. The van der Waals surface area contributed by atoms with Gasteiger partial charge in [-0.05, 0) is 31.1 Å². The van der Waals surface area contributed by atoms with E-state index in [2.05, 4.69) is 34.6 Å². The fourth-order valence-electron chi connectivity index (χ4n) is 7.28. The molecule has 55 heavy (non-hydrogen) atoms. The molecule has 6 nitrogen and oxygen atoms in total. The number of carbonyl (C=O) groups excluding carboxylic acids is 3. The van der Waals surface area contributed by atoms with Gasteiger partial charge in [-0.2, -0.15) is 0 Å². The zero-order valence-electron chi connectivity index (χ0n) is 37.6. The van der Waals surface area contributed by atoms with E-state index in [0.29, 0.717) is 19.3 Å². The third-order valence-corrected chi connectivity index (χ3v) is 11.0. The van der Waals surface area contributed by atoms with Crippen LogP contribution < -0.4 is 0 Å². The lowest BCUT2D eigenvalue weighted by molar-refractivity contribution is -0.167. The van der Waals surface area contributed by atoms with Gasteiger partial charge in [0.05, 0.1) is 0 Å². The van der Waals surface area contributed by atoms with Crippen LogP contribution in [-0.2, 0) is 28.6 Å². The van der Waals surface area contributed by atoms with Crippen molar-refractivity contribution in [2.24, 2.45) is 11.8 Å². The summed E-state index contributed by atoms with van der Waals surface area (Å²) < 4.78 is 16.7. The molecule has 0 aliphatic carbocycles. The van der Waals surface area contributed by atoms with Gasteiger partial charge in [0.1, 0.15) is 13.2 Å². The largest absolute Gasteiger partial charge is 0.462 e. The van der Waals surface area contributed by atoms with E-state index >= 15 is 0 Å². The minimum absolute atomic E-state index is 0.0663. The molecule has 0 aromatic rings. The van der Waals surface area contributed by atoms with Crippen molar-refractivity contribution in [3.63, 3.8) is 0 Å². The van der Waals surface area contributed by atoms with Crippen LogP contribution in [0.1, 0.15) is 266 Å². The van der Waals surface area contributed by atoms with Crippen molar-refractivity contribution < 1.29 is 28.6 Å². The van der Waals surface area contributed by atoms with E-state index in [1.54, 1.807) is 0 Å². The summed E-state index contributed by atoms with van der Waals surface area (Å²) in [6.45, 7) is 11.2. The highest BCUT2D eigenvalue weighted by atomic mass is 16.6. The lowest BCUT2D eigenvalue weighted by Crippen LogP contribution is -2.30. The van der Waals surface area contributed by atoms with E-state index in [-0.39, 0.29) is 31.1 Å². The first-order chi connectivity index (χ1) is 26.7. The highest BCUT2D eigenvalue weighted by molar-refractivity contribution is 5.71. The SMILES string of the molecule is CCCCCCCCCCCCCCCCCCCCCC(=O)OC[C@@H](COC(=O)CCCCCCCCC(C)C)OC(=O)CCCCCCCCC(C)C. The van der Waals surface area contributed by atoms with Crippen molar-refractivity contribution in [2.45, 2.75) is 272 Å². The predicted molar refractivity (Wildman–Crippen MR) is 233 cm³/mol. The zero-order valence-corrected chi connectivity index (χ0v) is 37.6. The van der Waals surface area contributed by atoms with Crippen LogP contribution in [0, 0.1) is 11.8 Å². The van der Waals surface area contributed by atoms with Gasteiger partial charge in [0.2, 0.25) is 0 Å². The Morgan fingerprint density at radius 1 is 0.345 bits per heavy atom. The molecule has 0 amide bonds. The summed E-state index contributed by atoms with van der Waals surface area (Å²) in [5.41, 5.74) is 0. The van der Waals surface area contributed by atoms with Crippen molar-refractivity contribution in [3.05, 3.63) is 0 Å². The molecule has 0 radical (unpaired) electrons. The summed E-state index contributed by atoms with van der Waals surface area (Å²) in [4.78, 5) is 37.7. The molecule has 0 saturated carbocycles. The Morgan fingerprint density at radius 3 is 0.891 bits per heavy atom. The van der Waals surface area contributed by atoms with Gasteiger partial charge < -0.3 is 14.2 Å². The van der Waals surface area contributed by atoms with Crippen molar-refractivity contribution in [3.8, 4) is 0 Å². The number of rotatable bonds is 43. The average Bonchev–Trinajstić information content (AvgIpc) is 3.15. The Hall–Kier alpha value is -1.59. The normalized spacial score (nSPS) is 12.1. The molecule has 0 spiro atoms. The Bertz CT molecular complexity index is 839. The van der Waals surface area contributed by atoms with Crippen molar-refractivity contribution >= 4 is 17.9 Å². The Balaban J connectivity index is 4.18. The molecule has 0 aliphatic rings. The average molecular weight is 779 g/mol. The van der Waals surface area contributed by atoms with Gasteiger partial charge >= 0.3 is 17.9 Å². The minimum Gasteiger partial charge on any atom is -0.462 e. The Morgan fingerprint density at radius 2 is 0.600 bits per heavy atom. The van der Waals surface area contributed by atoms with E-state index in [9.17, 15) is 14.4 Å². The lowest BCUT2D eigenvalue weighted by Gasteiger charge is -2.18. The summed E-state index contributed by atoms with van der Waals surface area (Å²) in [5.74, 6) is 0.657. The second-order valence-electron chi connectivity index (χ2n) is 17.7. The fraction of sp³-hybridized carbons (Fsp3) is 0.939. The first-order valence-corrected chi connectivity index (χ1v) is 24.2. The van der Waals surface area contributed by atoms with Gasteiger partial charge in [0, 0.05) is 19.3 Å². The van der Waals surface area contributed by atoms with Crippen LogP contribution in [0.3, 0.4) is 0 Å². The fourth-order valence-corrected chi connectivity index (χ4v) is 7.28. The third kappa shape index (κ3) is 43.4. The van der Waals surface area contributed by atoms with Crippen LogP contribution in [0.2, 0.25) is 0 Å². The summed E-state index contributed by atoms with van der Waals surface area (Å²) in [5, 5.41) is 0. The van der Waals surface area contributed by atoms with E-state index in [0.717, 1.165) is 69.6 Å². The number of carbonyl (C=O) groups is 3. The van der Waals surface area contributed by atoms with Crippen molar-refractivity contribution in [1.29, 1.82) is 0 Å². The maximum absolute atomic E-state index is 12.7. The molecular formula is C49H94O6. The molecule has 0 heterocycles. The molecule has 0 aliphatic heterocycles. The highest BCUT2D eigenvalue weighted by Gasteiger charge is 2.19. The molecule has 0 rings (SSSR count). The van der Waals surface area contributed by atoms with E-state index in [4.69, 9.17) is 14.2 Å².